The fraction of sp³-hybridized carbons (Fsp3) is 0.133. The number of rotatable bonds is 3. The summed E-state index contributed by atoms with van der Waals surface area (Å²) in [7, 11) is 1.59. The first kappa shape index (κ1) is 13.0. The fourth-order valence-electron chi connectivity index (χ4n) is 1.67. The van der Waals surface area contributed by atoms with Gasteiger partial charge in [0.1, 0.15) is 11.5 Å². The van der Waals surface area contributed by atoms with E-state index in [1.807, 2.05) is 0 Å². The van der Waals surface area contributed by atoms with E-state index in [2.05, 4.69) is 5.32 Å². The van der Waals surface area contributed by atoms with Crippen LogP contribution in [0.1, 0.15) is 15.9 Å². The van der Waals surface area contributed by atoms with E-state index in [1.54, 1.807) is 50.4 Å². The van der Waals surface area contributed by atoms with E-state index in [9.17, 15) is 9.90 Å². The van der Waals surface area contributed by atoms with Gasteiger partial charge in [-0.2, -0.15) is 0 Å². The number of aryl methyl sites for hydroxylation is 1. The third-order valence-corrected chi connectivity index (χ3v) is 2.81. The molecule has 0 aliphatic carbocycles. The molecule has 0 fully saturated rings. The van der Waals surface area contributed by atoms with Gasteiger partial charge in [0.05, 0.1) is 7.11 Å². The van der Waals surface area contributed by atoms with Gasteiger partial charge in [-0.15, -0.1) is 0 Å². The van der Waals surface area contributed by atoms with Crippen LogP contribution in [-0.2, 0) is 0 Å². The molecule has 1 amide bonds. The number of nitrogens with one attached hydrogen (secondary N) is 1. The zero-order chi connectivity index (χ0) is 13.8. The monoisotopic (exact) mass is 257 g/mol. The molecule has 2 aromatic rings. The Morgan fingerprint density at radius 3 is 2.42 bits per heavy atom. The largest absolute Gasteiger partial charge is 0.508 e. The number of anilines is 1. The number of carbonyl (C=O) groups is 1. The number of benzene rings is 2. The van der Waals surface area contributed by atoms with Crippen LogP contribution in [0.2, 0.25) is 0 Å². The Hall–Kier alpha value is -2.49. The van der Waals surface area contributed by atoms with Gasteiger partial charge in [0.2, 0.25) is 0 Å². The molecule has 2 rings (SSSR count). The molecule has 2 aromatic carbocycles. The highest BCUT2D eigenvalue weighted by Gasteiger charge is 2.07. The molecule has 0 bridgehead atoms. The van der Waals surface area contributed by atoms with Gasteiger partial charge in [-0.25, -0.2) is 0 Å². The highest BCUT2D eigenvalue weighted by atomic mass is 16.5. The fourth-order valence-corrected chi connectivity index (χ4v) is 1.67. The number of amides is 1. The van der Waals surface area contributed by atoms with Crippen LogP contribution in [0.15, 0.2) is 42.5 Å². The van der Waals surface area contributed by atoms with Crippen molar-refractivity contribution in [2.24, 2.45) is 0 Å². The smallest absolute Gasteiger partial charge is 0.255 e. The number of ether oxygens (including phenoxy) is 1. The van der Waals surface area contributed by atoms with Gasteiger partial charge in [-0.05, 0) is 55.0 Å². The highest BCUT2D eigenvalue weighted by molar-refractivity contribution is 6.04. The minimum Gasteiger partial charge on any atom is -0.508 e. The summed E-state index contributed by atoms with van der Waals surface area (Å²) >= 11 is 0. The van der Waals surface area contributed by atoms with E-state index in [0.29, 0.717) is 16.8 Å². The van der Waals surface area contributed by atoms with Crippen molar-refractivity contribution in [3.8, 4) is 11.5 Å². The Morgan fingerprint density at radius 2 is 1.84 bits per heavy atom. The second-order valence-corrected chi connectivity index (χ2v) is 4.18. The SMILES string of the molecule is COc1ccc(NC(=O)c2ccc(O)c(C)c2)cc1. The molecule has 0 saturated carbocycles. The Labute approximate surface area is 111 Å². The summed E-state index contributed by atoms with van der Waals surface area (Å²) in [5.41, 5.74) is 1.87. The molecule has 0 aromatic heterocycles. The summed E-state index contributed by atoms with van der Waals surface area (Å²) in [6, 6.07) is 11.8. The summed E-state index contributed by atoms with van der Waals surface area (Å²) in [6.07, 6.45) is 0. The molecule has 0 unspecified atom stereocenters. The number of aromatic hydroxyl groups is 1. The van der Waals surface area contributed by atoms with Crippen LogP contribution in [0.4, 0.5) is 5.69 Å². The number of phenols is 1. The topological polar surface area (TPSA) is 58.6 Å². The van der Waals surface area contributed by atoms with E-state index in [0.717, 1.165) is 5.75 Å². The van der Waals surface area contributed by atoms with E-state index in [4.69, 9.17) is 4.74 Å². The van der Waals surface area contributed by atoms with Crippen LogP contribution in [0.3, 0.4) is 0 Å². The molecule has 0 saturated heterocycles. The number of hydrogen-bond donors (Lipinski definition) is 2. The summed E-state index contributed by atoms with van der Waals surface area (Å²) in [5, 5.41) is 12.2. The number of hydrogen-bond acceptors (Lipinski definition) is 3. The van der Waals surface area contributed by atoms with Crippen molar-refractivity contribution >= 4 is 11.6 Å². The molecule has 4 nitrogen and oxygen atoms in total. The lowest BCUT2D eigenvalue weighted by Gasteiger charge is -2.07. The standard InChI is InChI=1S/C15H15NO3/c1-10-9-11(3-8-14(10)17)15(18)16-12-4-6-13(19-2)7-5-12/h3-9,17H,1-2H3,(H,16,18). The van der Waals surface area contributed by atoms with Gasteiger partial charge in [0.25, 0.3) is 5.91 Å². The Morgan fingerprint density at radius 1 is 1.16 bits per heavy atom. The molecule has 0 aliphatic rings. The summed E-state index contributed by atoms with van der Waals surface area (Å²) in [5.74, 6) is 0.702. The van der Waals surface area contributed by atoms with E-state index >= 15 is 0 Å². The number of carbonyl (C=O) groups excluding carboxylic acids is 1. The Bertz CT molecular complexity index is 591. The van der Waals surface area contributed by atoms with Crippen LogP contribution in [-0.4, -0.2) is 18.1 Å². The molecule has 0 atom stereocenters. The van der Waals surface area contributed by atoms with Gasteiger partial charge in [0.15, 0.2) is 0 Å². The Kier molecular flexibility index (Phi) is 3.71. The minimum atomic E-state index is -0.215. The molecule has 0 spiro atoms. The van der Waals surface area contributed by atoms with Gasteiger partial charge in [-0.1, -0.05) is 0 Å². The third-order valence-electron chi connectivity index (χ3n) is 2.81. The normalized spacial score (nSPS) is 10.0. The number of phenolic OH excluding ortho intramolecular Hbond substituents is 1. The van der Waals surface area contributed by atoms with Crippen molar-refractivity contribution in [3.63, 3.8) is 0 Å². The van der Waals surface area contributed by atoms with Crippen LogP contribution >= 0.6 is 0 Å². The van der Waals surface area contributed by atoms with E-state index in [1.165, 1.54) is 6.07 Å². The van der Waals surface area contributed by atoms with Crippen molar-refractivity contribution in [2.45, 2.75) is 6.92 Å². The van der Waals surface area contributed by atoms with Crippen LogP contribution in [0.25, 0.3) is 0 Å². The lowest BCUT2D eigenvalue weighted by Crippen LogP contribution is -2.11. The quantitative estimate of drug-likeness (QED) is 0.888. The maximum Gasteiger partial charge on any atom is 0.255 e. The molecule has 19 heavy (non-hydrogen) atoms. The average molecular weight is 257 g/mol. The molecular weight excluding hydrogens is 242 g/mol. The molecule has 0 aliphatic heterocycles. The zero-order valence-corrected chi connectivity index (χ0v) is 10.8. The maximum atomic E-state index is 12.0. The predicted octanol–water partition coefficient (Wildman–Crippen LogP) is 2.96. The summed E-state index contributed by atoms with van der Waals surface area (Å²) in [4.78, 5) is 12.0. The first-order chi connectivity index (χ1) is 9.10. The second kappa shape index (κ2) is 5.44. The van der Waals surface area contributed by atoms with E-state index in [-0.39, 0.29) is 11.7 Å². The number of methoxy groups -OCH3 is 1. The van der Waals surface area contributed by atoms with Gasteiger partial charge in [0, 0.05) is 11.3 Å². The summed E-state index contributed by atoms with van der Waals surface area (Å²) < 4.78 is 5.05. The summed E-state index contributed by atoms with van der Waals surface area (Å²) in [6.45, 7) is 1.75. The molecule has 98 valence electrons. The second-order valence-electron chi connectivity index (χ2n) is 4.18. The van der Waals surface area contributed by atoms with Crippen LogP contribution in [0, 0.1) is 6.92 Å². The van der Waals surface area contributed by atoms with Gasteiger partial charge < -0.3 is 15.2 Å². The lowest BCUT2D eigenvalue weighted by atomic mass is 10.1. The van der Waals surface area contributed by atoms with Crippen molar-refractivity contribution < 1.29 is 14.6 Å². The van der Waals surface area contributed by atoms with Crippen molar-refractivity contribution in [1.29, 1.82) is 0 Å². The first-order valence-electron chi connectivity index (χ1n) is 5.85. The van der Waals surface area contributed by atoms with Crippen LogP contribution in [0.5, 0.6) is 11.5 Å². The van der Waals surface area contributed by atoms with Gasteiger partial charge in [-0.3, -0.25) is 4.79 Å². The Balaban J connectivity index is 2.13. The lowest BCUT2D eigenvalue weighted by molar-refractivity contribution is 0.102. The highest BCUT2D eigenvalue weighted by Crippen LogP contribution is 2.19. The first-order valence-corrected chi connectivity index (χ1v) is 5.85. The van der Waals surface area contributed by atoms with Gasteiger partial charge >= 0.3 is 0 Å². The molecule has 0 heterocycles. The maximum absolute atomic E-state index is 12.0. The zero-order valence-electron chi connectivity index (χ0n) is 10.8. The van der Waals surface area contributed by atoms with Crippen molar-refractivity contribution in [3.05, 3.63) is 53.6 Å². The molecule has 4 heteroatoms. The molecule has 0 radical (unpaired) electrons. The van der Waals surface area contributed by atoms with Crippen LogP contribution < -0.4 is 10.1 Å². The predicted molar refractivity (Wildman–Crippen MR) is 73.8 cm³/mol. The molecular formula is C15H15NO3. The van der Waals surface area contributed by atoms with E-state index < -0.39 is 0 Å². The minimum absolute atomic E-state index is 0.181. The van der Waals surface area contributed by atoms with Crippen molar-refractivity contribution in [2.75, 3.05) is 12.4 Å². The average Bonchev–Trinajstić information content (AvgIpc) is 2.42. The van der Waals surface area contributed by atoms with Crippen molar-refractivity contribution in [1.82, 2.24) is 0 Å². The molecule has 2 N–H and O–H groups in total. The third kappa shape index (κ3) is 3.04.